The zero-order valence-electron chi connectivity index (χ0n) is 11.0. The van der Waals surface area contributed by atoms with E-state index in [0.717, 1.165) is 25.4 Å². The molecule has 0 amide bonds. The molecular formula is C14H23NO2. The van der Waals surface area contributed by atoms with Crippen molar-refractivity contribution in [2.24, 2.45) is 0 Å². The normalized spacial score (nSPS) is 12.4. The van der Waals surface area contributed by atoms with Crippen LogP contribution in [0.4, 0.5) is 0 Å². The van der Waals surface area contributed by atoms with E-state index in [4.69, 9.17) is 9.47 Å². The number of hydrogen-bond acceptors (Lipinski definition) is 3. The van der Waals surface area contributed by atoms with Gasteiger partial charge in [-0.25, -0.2) is 0 Å². The predicted molar refractivity (Wildman–Crippen MR) is 70.6 cm³/mol. The minimum atomic E-state index is 0.361. The van der Waals surface area contributed by atoms with Gasteiger partial charge in [0.05, 0.1) is 13.2 Å². The Morgan fingerprint density at radius 3 is 2.82 bits per heavy atom. The monoisotopic (exact) mass is 237 g/mol. The molecule has 1 N–H and O–H groups in total. The summed E-state index contributed by atoms with van der Waals surface area (Å²) in [5, 5.41) is 3.23. The number of rotatable bonds is 8. The molecule has 0 aliphatic heterocycles. The fraction of sp³-hybridized carbons (Fsp3) is 0.571. The first-order valence-corrected chi connectivity index (χ1v) is 6.20. The maximum atomic E-state index is 5.70. The number of likely N-dealkylation sites (N-methyl/N-ethyl adjacent to an activating group) is 1. The van der Waals surface area contributed by atoms with Crippen molar-refractivity contribution in [1.82, 2.24) is 5.32 Å². The fourth-order valence-electron chi connectivity index (χ4n) is 1.60. The fourth-order valence-corrected chi connectivity index (χ4v) is 1.60. The number of aryl methyl sites for hydroxylation is 1. The van der Waals surface area contributed by atoms with Crippen molar-refractivity contribution < 1.29 is 9.47 Å². The summed E-state index contributed by atoms with van der Waals surface area (Å²) in [6, 6.07) is 8.49. The topological polar surface area (TPSA) is 30.5 Å². The summed E-state index contributed by atoms with van der Waals surface area (Å²) in [6.07, 6.45) is 0.949. The highest BCUT2D eigenvalue weighted by molar-refractivity contribution is 5.27. The molecule has 0 spiro atoms. The Kier molecular flexibility index (Phi) is 6.67. The van der Waals surface area contributed by atoms with E-state index in [1.165, 1.54) is 5.56 Å². The van der Waals surface area contributed by atoms with Crippen LogP contribution in [0, 0.1) is 6.92 Å². The smallest absolute Gasteiger partial charge is 0.119 e. The second-order valence-corrected chi connectivity index (χ2v) is 4.10. The highest BCUT2D eigenvalue weighted by Crippen LogP contribution is 2.12. The second-order valence-electron chi connectivity index (χ2n) is 4.10. The van der Waals surface area contributed by atoms with Gasteiger partial charge in [0.2, 0.25) is 0 Å². The molecule has 1 unspecified atom stereocenters. The van der Waals surface area contributed by atoms with Crippen LogP contribution in [-0.2, 0) is 4.74 Å². The molecule has 0 aliphatic carbocycles. The zero-order chi connectivity index (χ0) is 12.5. The first-order chi connectivity index (χ1) is 8.26. The van der Waals surface area contributed by atoms with Gasteiger partial charge in [-0.1, -0.05) is 12.1 Å². The average Bonchev–Trinajstić information content (AvgIpc) is 2.33. The first-order valence-electron chi connectivity index (χ1n) is 6.20. The van der Waals surface area contributed by atoms with Crippen LogP contribution in [-0.4, -0.2) is 32.9 Å². The van der Waals surface area contributed by atoms with Gasteiger partial charge in [0, 0.05) is 12.6 Å². The van der Waals surface area contributed by atoms with E-state index in [1.54, 1.807) is 0 Å². The van der Waals surface area contributed by atoms with Crippen LogP contribution < -0.4 is 10.1 Å². The van der Waals surface area contributed by atoms with Crippen molar-refractivity contribution >= 4 is 0 Å². The van der Waals surface area contributed by atoms with E-state index < -0.39 is 0 Å². The van der Waals surface area contributed by atoms with E-state index in [0.29, 0.717) is 12.6 Å². The summed E-state index contributed by atoms with van der Waals surface area (Å²) >= 11 is 0. The molecule has 1 rings (SSSR count). The third kappa shape index (κ3) is 5.71. The van der Waals surface area contributed by atoms with Gasteiger partial charge in [0.15, 0.2) is 0 Å². The molecule has 17 heavy (non-hydrogen) atoms. The van der Waals surface area contributed by atoms with E-state index >= 15 is 0 Å². The van der Waals surface area contributed by atoms with Crippen molar-refractivity contribution in [3.8, 4) is 5.75 Å². The number of ether oxygens (including phenoxy) is 2. The molecule has 0 saturated heterocycles. The third-order valence-electron chi connectivity index (χ3n) is 2.66. The second kappa shape index (κ2) is 8.09. The van der Waals surface area contributed by atoms with E-state index in [-0.39, 0.29) is 0 Å². The standard InChI is InChI=1S/C14H23NO2/c1-4-16-11-13(15-3)8-9-17-14-7-5-6-12(2)10-14/h5-7,10,13,15H,4,8-9,11H2,1-3H3. The lowest BCUT2D eigenvalue weighted by molar-refractivity contribution is 0.116. The van der Waals surface area contributed by atoms with E-state index in [1.807, 2.05) is 26.1 Å². The van der Waals surface area contributed by atoms with Crippen molar-refractivity contribution in [1.29, 1.82) is 0 Å². The SMILES string of the molecule is CCOCC(CCOc1cccc(C)c1)NC. The Hall–Kier alpha value is -1.06. The van der Waals surface area contributed by atoms with Gasteiger partial charge >= 0.3 is 0 Å². The zero-order valence-corrected chi connectivity index (χ0v) is 11.0. The van der Waals surface area contributed by atoms with Gasteiger partial charge in [-0.05, 0) is 45.0 Å². The van der Waals surface area contributed by atoms with Crippen LogP contribution in [0.5, 0.6) is 5.75 Å². The van der Waals surface area contributed by atoms with Crippen molar-refractivity contribution in [2.45, 2.75) is 26.3 Å². The number of nitrogens with one attached hydrogen (secondary N) is 1. The lowest BCUT2D eigenvalue weighted by Crippen LogP contribution is -2.32. The number of benzene rings is 1. The Labute approximate surface area is 104 Å². The molecule has 1 aromatic rings. The third-order valence-corrected chi connectivity index (χ3v) is 2.66. The predicted octanol–water partition coefficient (Wildman–Crippen LogP) is 2.39. The quantitative estimate of drug-likeness (QED) is 0.753. The van der Waals surface area contributed by atoms with Gasteiger partial charge in [-0.3, -0.25) is 0 Å². The highest BCUT2D eigenvalue weighted by Gasteiger charge is 2.05. The Balaban J connectivity index is 2.26. The maximum Gasteiger partial charge on any atom is 0.119 e. The molecule has 0 fully saturated rings. The molecule has 3 nitrogen and oxygen atoms in total. The molecule has 1 atom stereocenters. The summed E-state index contributed by atoms with van der Waals surface area (Å²) in [7, 11) is 1.95. The molecule has 0 aromatic heterocycles. The van der Waals surface area contributed by atoms with Crippen LogP contribution in [0.2, 0.25) is 0 Å². The summed E-state index contributed by atoms with van der Waals surface area (Å²) in [5.74, 6) is 0.941. The Morgan fingerprint density at radius 2 is 2.18 bits per heavy atom. The summed E-state index contributed by atoms with van der Waals surface area (Å²) in [4.78, 5) is 0. The molecule has 0 bridgehead atoms. The first kappa shape index (κ1) is 14.0. The Bertz CT molecular complexity index is 315. The molecule has 0 radical (unpaired) electrons. The minimum Gasteiger partial charge on any atom is -0.494 e. The molecular weight excluding hydrogens is 214 g/mol. The van der Waals surface area contributed by atoms with Crippen LogP contribution >= 0.6 is 0 Å². The lowest BCUT2D eigenvalue weighted by atomic mass is 10.2. The summed E-state index contributed by atoms with van der Waals surface area (Å²) in [5.41, 5.74) is 1.22. The maximum absolute atomic E-state index is 5.70. The van der Waals surface area contributed by atoms with Gasteiger partial charge in [0.25, 0.3) is 0 Å². The molecule has 0 saturated carbocycles. The van der Waals surface area contributed by atoms with Crippen LogP contribution in [0.1, 0.15) is 18.9 Å². The van der Waals surface area contributed by atoms with E-state index in [9.17, 15) is 0 Å². The van der Waals surface area contributed by atoms with Crippen LogP contribution in [0.25, 0.3) is 0 Å². The highest BCUT2D eigenvalue weighted by atomic mass is 16.5. The van der Waals surface area contributed by atoms with Gasteiger partial charge in [-0.15, -0.1) is 0 Å². The molecule has 1 aromatic carbocycles. The summed E-state index contributed by atoms with van der Waals surface area (Å²) < 4.78 is 11.1. The minimum absolute atomic E-state index is 0.361. The molecule has 96 valence electrons. The van der Waals surface area contributed by atoms with Crippen LogP contribution in [0.15, 0.2) is 24.3 Å². The molecule has 3 heteroatoms. The average molecular weight is 237 g/mol. The largest absolute Gasteiger partial charge is 0.494 e. The van der Waals surface area contributed by atoms with Gasteiger partial charge in [-0.2, -0.15) is 0 Å². The molecule has 0 heterocycles. The van der Waals surface area contributed by atoms with Gasteiger partial charge < -0.3 is 14.8 Å². The van der Waals surface area contributed by atoms with Crippen molar-refractivity contribution in [3.05, 3.63) is 29.8 Å². The van der Waals surface area contributed by atoms with Gasteiger partial charge in [0.1, 0.15) is 5.75 Å². The van der Waals surface area contributed by atoms with E-state index in [2.05, 4.69) is 24.4 Å². The lowest BCUT2D eigenvalue weighted by Gasteiger charge is -2.16. The molecule has 0 aliphatic rings. The van der Waals surface area contributed by atoms with Crippen molar-refractivity contribution in [2.75, 3.05) is 26.9 Å². The Morgan fingerprint density at radius 1 is 1.35 bits per heavy atom. The van der Waals surface area contributed by atoms with Crippen molar-refractivity contribution in [3.63, 3.8) is 0 Å². The number of hydrogen-bond donors (Lipinski definition) is 1. The summed E-state index contributed by atoms with van der Waals surface area (Å²) in [6.45, 7) is 6.29. The van der Waals surface area contributed by atoms with Crippen LogP contribution in [0.3, 0.4) is 0 Å².